The molecule has 1 aliphatic carbocycles. The Bertz CT molecular complexity index is 781. The smallest absolute Gasteiger partial charge is 0.250 e. The highest BCUT2D eigenvalue weighted by Crippen LogP contribution is 2.30. The molecule has 1 aromatic carbocycles. The van der Waals surface area contributed by atoms with Crippen molar-refractivity contribution in [3.63, 3.8) is 0 Å². The molecule has 6 nitrogen and oxygen atoms in total. The van der Waals surface area contributed by atoms with E-state index in [-0.39, 0.29) is 24.3 Å². The van der Waals surface area contributed by atoms with Crippen LogP contribution in [0.25, 0.3) is 0 Å². The van der Waals surface area contributed by atoms with Crippen LogP contribution >= 0.6 is 0 Å². The number of para-hydroxylation sites is 1. The van der Waals surface area contributed by atoms with Crippen LogP contribution in [0.2, 0.25) is 0 Å². The van der Waals surface area contributed by atoms with E-state index < -0.39 is 6.04 Å². The number of hydrogen-bond acceptors (Lipinski definition) is 3. The third kappa shape index (κ3) is 3.36. The monoisotopic (exact) mass is 352 g/mol. The number of fused-ring (bicyclic) bond motifs is 1. The summed E-state index contributed by atoms with van der Waals surface area (Å²) in [4.78, 5) is 31.7. The van der Waals surface area contributed by atoms with Crippen molar-refractivity contribution in [2.45, 2.75) is 50.6 Å². The van der Waals surface area contributed by atoms with Gasteiger partial charge in [-0.3, -0.25) is 9.59 Å². The third-order valence-corrected chi connectivity index (χ3v) is 5.42. The number of benzene rings is 1. The van der Waals surface area contributed by atoms with Crippen molar-refractivity contribution < 1.29 is 9.59 Å². The minimum atomic E-state index is -0.565. The largest absolute Gasteiger partial charge is 0.353 e. The zero-order valence-electron chi connectivity index (χ0n) is 14.8. The van der Waals surface area contributed by atoms with Gasteiger partial charge in [-0.15, -0.1) is 0 Å². The summed E-state index contributed by atoms with van der Waals surface area (Å²) in [5.74, 6) is -0.106. The molecular weight excluding hydrogens is 328 g/mol. The Morgan fingerprint density at radius 2 is 2.04 bits per heavy atom. The van der Waals surface area contributed by atoms with Gasteiger partial charge in [0.1, 0.15) is 6.04 Å². The van der Waals surface area contributed by atoms with Gasteiger partial charge < -0.3 is 14.8 Å². The van der Waals surface area contributed by atoms with Crippen molar-refractivity contribution in [3.05, 3.63) is 48.5 Å². The van der Waals surface area contributed by atoms with E-state index in [2.05, 4.69) is 16.4 Å². The molecule has 0 saturated heterocycles. The van der Waals surface area contributed by atoms with Crippen LogP contribution in [-0.4, -0.2) is 34.0 Å². The zero-order valence-corrected chi connectivity index (χ0v) is 14.8. The standard InChI is InChI=1S/C20H24N4O2/c25-19(22-16-6-2-3-7-16)13-18(23-12-10-21-14-23)20(26)24-11-9-15-5-1-4-8-17(15)24/h1,4-5,8,10,12,14,16,18H,2-3,6-7,9,11,13H2,(H,22,25). The van der Waals surface area contributed by atoms with Crippen LogP contribution in [-0.2, 0) is 16.0 Å². The van der Waals surface area contributed by atoms with Crippen molar-refractivity contribution in [3.8, 4) is 0 Å². The quantitative estimate of drug-likeness (QED) is 0.899. The molecule has 0 bridgehead atoms. The molecule has 1 aliphatic heterocycles. The van der Waals surface area contributed by atoms with E-state index in [1.165, 1.54) is 18.4 Å². The fraction of sp³-hybridized carbons (Fsp3) is 0.450. The normalized spacial score (nSPS) is 17.9. The van der Waals surface area contributed by atoms with E-state index in [1.54, 1.807) is 23.3 Å². The second-order valence-corrected chi connectivity index (χ2v) is 7.15. The molecule has 6 heteroatoms. The maximum absolute atomic E-state index is 13.3. The second kappa shape index (κ2) is 7.32. The van der Waals surface area contributed by atoms with Crippen LogP contribution in [0.1, 0.15) is 43.7 Å². The first-order valence-corrected chi connectivity index (χ1v) is 9.38. The van der Waals surface area contributed by atoms with Crippen LogP contribution in [0.3, 0.4) is 0 Å². The van der Waals surface area contributed by atoms with Gasteiger partial charge in [0.25, 0.3) is 5.91 Å². The van der Waals surface area contributed by atoms with E-state index in [0.717, 1.165) is 24.9 Å². The molecule has 26 heavy (non-hydrogen) atoms. The van der Waals surface area contributed by atoms with Gasteiger partial charge in [0.05, 0.1) is 12.7 Å². The number of rotatable bonds is 5. The van der Waals surface area contributed by atoms with Crippen LogP contribution in [0.15, 0.2) is 43.0 Å². The maximum atomic E-state index is 13.3. The third-order valence-electron chi connectivity index (χ3n) is 5.42. The summed E-state index contributed by atoms with van der Waals surface area (Å²) in [6, 6.07) is 7.67. The van der Waals surface area contributed by atoms with Crippen molar-refractivity contribution >= 4 is 17.5 Å². The first-order valence-electron chi connectivity index (χ1n) is 9.38. The van der Waals surface area contributed by atoms with Crippen molar-refractivity contribution in [1.82, 2.24) is 14.9 Å². The van der Waals surface area contributed by atoms with Gasteiger partial charge in [-0.05, 0) is 30.9 Å². The lowest BCUT2D eigenvalue weighted by atomic mass is 10.1. The fourth-order valence-corrected chi connectivity index (χ4v) is 4.05. The Kier molecular flexibility index (Phi) is 4.73. The second-order valence-electron chi connectivity index (χ2n) is 7.15. The summed E-state index contributed by atoms with van der Waals surface area (Å²) >= 11 is 0. The van der Waals surface area contributed by atoms with Gasteiger partial charge in [-0.25, -0.2) is 4.98 Å². The minimum Gasteiger partial charge on any atom is -0.353 e. The summed E-state index contributed by atoms with van der Waals surface area (Å²) in [6.45, 7) is 0.660. The van der Waals surface area contributed by atoms with E-state index in [0.29, 0.717) is 6.54 Å². The highest BCUT2D eigenvalue weighted by Gasteiger charge is 2.32. The van der Waals surface area contributed by atoms with Crippen molar-refractivity contribution in [2.24, 2.45) is 0 Å². The number of anilines is 1. The lowest BCUT2D eigenvalue weighted by molar-refractivity contribution is -0.128. The fourth-order valence-electron chi connectivity index (χ4n) is 4.05. The maximum Gasteiger partial charge on any atom is 0.250 e. The topological polar surface area (TPSA) is 67.2 Å². The molecule has 1 saturated carbocycles. The van der Waals surface area contributed by atoms with Crippen LogP contribution in [0.5, 0.6) is 0 Å². The van der Waals surface area contributed by atoms with E-state index in [4.69, 9.17) is 0 Å². The summed E-state index contributed by atoms with van der Waals surface area (Å²) in [6.07, 6.45) is 10.4. The number of nitrogens with one attached hydrogen (secondary N) is 1. The van der Waals surface area contributed by atoms with Crippen molar-refractivity contribution in [1.29, 1.82) is 0 Å². The number of aromatic nitrogens is 2. The lowest BCUT2D eigenvalue weighted by Crippen LogP contribution is -2.40. The van der Waals surface area contributed by atoms with Gasteiger partial charge in [0.2, 0.25) is 5.91 Å². The lowest BCUT2D eigenvalue weighted by Gasteiger charge is -2.25. The summed E-state index contributed by atoms with van der Waals surface area (Å²) < 4.78 is 1.75. The molecule has 1 fully saturated rings. The number of carbonyl (C=O) groups excluding carboxylic acids is 2. The molecule has 4 rings (SSSR count). The predicted molar refractivity (Wildman–Crippen MR) is 98.8 cm³/mol. The average molecular weight is 352 g/mol. The van der Waals surface area contributed by atoms with E-state index in [9.17, 15) is 9.59 Å². The molecule has 1 atom stereocenters. The Labute approximate surface area is 153 Å². The molecule has 2 amide bonds. The van der Waals surface area contributed by atoms with Gasteiger partial charge in [-0.2, -0.15) is 0 Å². The van der Waals surface area contributed by atoms with Gasteiger partial charge >= 0.3 is 0 Å². The summed E-state index contributed by atoms with van der Waals surface area (Å²) in [5, 5.41) is 3.09. The number of hydrogen-bond donors (Lipinski definition) is 1. The van der Waals surface area contributed by atoms with E-state index in [1.807, 2.05) is 23.1 Å². The Hall–Kier alpha value is -2.63. The molecule has 1 unspecified atom stereocenters. The first kappa shape index (κ1) is 16.8. The molecule has 1 N–H and O–H groups in total. The SMILES string of the molecule is O=C(CC(C(=O)N1CCc2ccccc21)n1ccnc1)NC1CCCC1. The number of carbonyl (C=O) groups is 2. The zero-order chi connectivity index (χ0) is 17.9. The number of nitrogens with zero attached hydrogens (tertiary/aromatic N) is 3. The molecule has 1 aromatic heterocycles. The average Bonchev–Trinajstić information content (AvgIpc) is 3.39. The number of imidazole rings is 1. The molecule has 136 valence electrons. The predicted octanol–water partition coefficient (Wildman–Crippen LogP) is 2.46. The molecule has 2 aliphatic rings. The van der Waals surface area contributed by atoms with Gasteiger partial charge in [0, 0.05) is 30.7 Å². The minimum absolute atomic E-state index is 0.0467. The Morgan fingerprint density at radius 1 is 1.23 bits per heavy atom. The summed E-state index contributed by atoms with van der Waals surface area (Å²) in [5.41, 5.74) is 2.14. The molecule has 0 spiro atoms. The Balaban J connectivity index is 1.52. The highest BCUT2D eigenvalue weighted by atomic mass is 16.2. The van der Waals surface area contributed by atoms with Gasteiger partial charge in [0.15, 0.2) is 0 Å². The van der Waals surface area contributed by atoms with Crippen LogP contribution in [0, 0.1) is 0 Å². The van der Waals surface area contributed by atoms with Crippen LogP contribution in [0.4, 0.5) is 5.69 Å². The van der Waals surface area contributed by atoms with Gasteiger partial charge in [-0.1, -0.05) is 31.0 Å². The number of amides is 2. The highest BCUT2D eigenvalue weighted by molar-refractivity contribution is 6.00. The summed E-state index contributed by atoms with van der Waals surface area (Å²) in [7, 11) is 0. The molecule has 2 aromatic rings. The first-order chi connectivity index (χ1) is 12.7. The van der Waals surface area contributed by atoms with Crippen LogP contribution < -0.4 is 10.2 Å². The Morgan fingerprint density at radius 3 is 2.81 bits per heavy atom. The molecular formula is C20H24N4O2. The van der Waals surface area contributed by atoms with Crippen molar-refractivity contribution in [2.75, 3.05) is 11.4 Å². The molecule has 0 radical (unpaired) electrons. The van der Waals surface area contributed by atoms with E-state index >= 15 is 0 Å². The molecule has 2 heterocycles.